The van der Waals surface area contributed by atoms with Gasteiger partial charge in [-0.1, -0.05) is 164 Å². The van der Waals surface area contributed by atoms with E-state index in [-0.39, 0.29) is 0 Å². The predicted octanol–water partition coefficient (Wildman–Crippen LogP) is 14.3. The first-order valence-corrected chi connectivity index (χ1v) is 21.3. The van der Waals surface area contributed by atoms with Crippen LogP contribution in [0, 0.1) is 11.3 Å². The second-order valence-electron chi connectivity index (χ2n) is 15.9. The van der Waals surface area contributed by atoms with E-state index in [0.29, 0.717) is 23.2 Å². The highest BCUT2D eigenvalue weighted by Gasteiger charge is 2.22. The predicted molar refractivity (Wildman–Crippen MR) is 260 cm³/mol. The normalized spacial score (nSPS) is 11.4. The molecule has 0 N–H and O–H groups in total. The van der Waals surface area contributed by atoms with Crippen molar-refractivity contribution in [1.82, 2.24) is 24.1 Å². The molecule has 0 aliphatic heterocycles. The van der Waals surface area contributed by atoms with Gasteiger partial charge in [0, 0.05) is 43.8 Å². The molecule has 9 aromatic carbocycles. The maximum Gasteiger partial charge on any atom is 0.238 e. The Bertz CT molecular complexity index is 3730. The molecule has 6 heteroatoms. The standard InChI is InChI=1S/C58H36N6/c59-37-38-29-31-40(32-30-38)50-36-44(33-34-54(50)63-51-26-10-7-21-46(51)47-22-8-11-27-52(47)63)57-60-56(41-17-5-2-6-18-41)61-58(62-57)64-53-28-12-9-23-48(53)49-25-14-24-45(55(49)64)43-20-13-19-42(35-43)39-15-3-1-4-16-39/h1-36H. The Labute approximate surface area is 369 Å². The van der Waals surface area contributed by atoms with Crippen LogP contribution in [0.4, 0.5) is 0 Å². The molecule has 3 aromatic heterocycles. The molecule has 3 heterocycles. The van der Waals surface area contributed by atoms with Crippen LogP contribution in [0.5, 0.6) is 0 Å². The van der Waals surface area contributed by atoms with E-state index in [2.05, 4.69) is 173 Å². The number of hydrogen-bond acceptors (Lipinski definition) is 4. The van der Waals surface area contributed by atoms with Crippen molar-refractivity contribution in [2.75, 3.05) is 0 Å². The van der Waals surface area contributed by atoms with E-state index in [9.17, 15) is 5.26 Å². The minimum absolute atomic E-state index is 0.521. The lowest BCUT2D eigenvalue weighted by Crippen LogP contribution is -2.07. The Hall–Kier alpha value is -8.92. The second kappa shape index (κ2) is 15.2. The molecule has 64 heavy (non-hydrogen) atoms. The molecule has 6 nitrogen and oxygen atoms in total. The van der Waals surface area contributed by atoms with Gasteiger partial charge in [-0.25, -0.2) is 4.98 Å². The maximum absolute atomic E-state index is 9.75. The average Bonchev–Trinajstić information content (AvgIpc) is 3.90. The van der Waals surface area contributed by atoms with Gasteiger partial charge in [-0.15, -0.1) is 0 Å². The van der Waals surface area contributed by atoms with Crippen LogP contribution in [0.15, 0.2) is 218 Å². The molecule has 0 radical (unpaired) electrons. The zero-order valence-corrected chi connectivity index (χ0v) is 34.5. The molecule has 0 unspecified atom stereocenters. The van der Waals surface area contributed by atoms with Crippen molar-refractivity contribution in [3.8, 4) is 73.9 Å². The van der Waals surface area contributed by atoms with Gasteiger partial charge in [-0.05, 0) is 76.9 Å². The van der Waals surface area contributed by atoms with Gasteiger partial charge in [0.2, 0.25) is 5.95 Å². The summed E-state index contributed by atoms with van der Waals surface area (Å²) >= 11 is 0. The number of nitrogens with zero attached hydrogens (tertiary/aromatic N) is 6. The minimum Gasteiger partial charge on any atom is -0.309 e. The quantitative estimate of drug-likeness (QED) is 0.161. The summed E-state index contributed by atoms with van der Waals surface area (Å²) in [6, 6.07) is 78.0. The molecule has 12 aromatic rings. The number of rotatable bonds is 7. The molecule has 0 spiro atoms. The fraction of sp³-hybridized carbons (Fsp3) is 0. The molecule has 0 bridgehead atoms. The number of hydrogen-bond donors (Lipinski definition) is 0. The van der Waals surface area contributed by atoms with E-state index in [1.807, 2.05) is 60.7 Å². The molecule has 0 aliphatic rings. The van der Waals surface area contributed by atoms with Crippen LogP contribution >= 0.6 is 0 Å². The summed E-state index contributed by atoms with van der Waals surface area (Å²) in [4.78, 5) is 16.0. The minimum atomic E-state index is 0.521. The summed E-state index contributed by atoms with van der Waals surface area (Å²) in [5, 5.41) is 14.3. The zero-order valence-electron chi connectivity index (χ0n) is 34.5. The van der Waals surface area contributed by atoms with Gasteiger partial charge in [-0.3, -0.25) is 4.57 Å². The van der Waals surface area contributed by atoms with Gasteiger partial charge < -0.3 is 4.57 Å². The number of para-hydroxylation sites is 4. The van der Waals surface area contributed by atoms with Crippen molar-refractivity contribution >= 4 is 43.6 Å². The number of aromatic nitrogens is 5. The SMILES string of the molecule is N#Cc1ccc(-c2cc(-c3nc(-c4ccccc4)nc(-n4c5ccccc5c5cccc(-c6cccc(-c7ccccc7)c6)c54)n3)ccc2-n2c3ccccc3c3ccccc32)cc1. The highest BCUT2D eigenvalue weighted by molar-refractivity contribution is 6.14. The van der Waals surface area contributed by atoms with Gasteiger partial charge in [0.25, 0.3) is 0 Å². The van der Waals surface area contributed by atoms with Crippen molar-refractivity contribution in [2.45, 2.75) is 0 Å². The van der Waals surface area contributed by atoms with E-state index in [1.165, 1.54) is 10.8 Å². The molecule has 0 saturated carbocycles. The lowest BCUT2D eigenvalue weighted by Gasteiger charge is -2.17. The highest BCUT2D eigenvalue weighted by Crippen LogP contribution is 2.41. The molecular formula is C58H36N6. The van der Waals surface area contributed by atoms with Gasteiger partial charge in [0.05, 0.1) is 39.4 Å². The molecule has 0 amide bonds. The first kappa shape index (κ1) is 36.9. The molecule has 0 atom stereocenters. The Morgan fingerprint density at radius 1 is 0.344 bits per heavy atom. The lowest BCUT2D eigenvalue weighted by molar-refractivity contribution is 0.953. The summed E-state index contributed by atoms with van der Waals surface area (Å²) in [5.74, 6) is 1.64. The topological polar surface area (TPSA) is 72.3 Å². The van der Waals surface area contributed by atoms with E-state index >= 15 is 0 Å². The van der Waals surface area contributed by atoms with Crippen LogP contribution in [0.25, 0.3) is 111 Å². The van der Waals surface area contributed by atoms with Crippen LogP contribution in [-0.2, 0) is 0 Å². The Morgan fingerprint density at radius 2 is 0.859 bits per heavy atom. The van der Waals surface area contributed by atoms with Gasteiger partial charge in [0.1, 0.15) is 0 Å². The van der Waals surface area contributed by atoms with Crippen LogP contribution < -0.4 is 0 Å². The molecule has 0 fully saturated rings. The lowest BCUT2D eigenvalue weighted by atomic mass is 9.97. The third kappa shape index (κ3) is 6.14. The van der Waals surface area contributed by atoms with Crippen molar-refractivity contribution in [3.63, 3.8) is 0 Å². The Morgan fingerprint density at radius 3 is 1.53 bits per heavy atom. The third-order valence-electron chi connectivity index (χ3n) is 12.2. The molecule has 0 saturated heterocycles. The second-order valence-corrected chi connectivity index (χ2v) is 15.9. The number of nitriles is 1. The van der Waals surface area contributed by atoms with Crippen LogP contribution in [0.3, 0.4) is 0 Å². The van der Waals surface area contributed by atoms with Crippen LogP contribution in [0.2, 0.25) is 0 Å². The largest absolute Gasteiger partial charge is 0.309 e. The van der Waals surface area contributed by atoms with Crippen LogP contribution in [0.1, 0.15) is 5.56 Å². The van der Waals surface area contributed by atoms with Crippen molar-refractivity contribution in [3.05, 3.63) is 224 Å². The van der Waals surface area contributed by atoms with Crippen molar-refractivity contribution < 1.29 is 0 Å². The Balaban J connectivity index is 1.12. The zero-order chi connectivity index (χ0) is 42.6. The summed E-state index contributed by atoms with van der Waals surface area (Å²) in [6.07, 6.45) is 0. The first-order chi connectivity index (χ1) is 31.7. The average molecular weight is 817 g/mol. The summed E-state index contributed by atoms with van der Waals surface area (Å²) in [7, 11) is 0. The Kier molecular flexibility index (Phi) is 8.77. The first-order valence-electron chi connectivity index (χ1n) is 21.3. The summed E-state index contributed by atoms with van der Waals surface area (Å²) < 4.78 is 4.55. The smallest absolute Gasteiger partial charge is 0.238 e. The molecule has 0 aliphatic carbocycles. The van der Waals surface area contributed by atoms with Gasteiger partial charge in [-0.2, -0.15) is 15.2 Å². The number of fused-ring (bicyclic) bond motifs is 6. The van der Waals surface area contributed by atoms with Crippen molar-refractivity contribution in [1.29, 1.82) is 5.26 Å². The molecular weight excluding hydrogens is 781 g/mol. The van der Waals surface area contributed by atoms with Gasteiger partial charge in [0.15, 0.2) is 11.6 Å². The van der Waals surface area contributed by atoms with E-state index in [0.717, 1.165) is 83.0 Å². The van der Waals surface area contributed by atoms with Crippen LogP contribution in [-0.4, -0.2) is 24.1 Å². The van der Waals surface area contributed by atoms with Gasteiger partial charge >= 0.3 is 0 Å². The molecule has 12 rings (SSSR count). The highest BCUT2D eigenvalue weighted by atomic mass is 15.2. The fourth-order valence-electron chi connectivity index (χ4n) is 9.27. The van der Waals surface area contributed by atoms with Crippen molar-refractivity contribution in [2.24, 2.45) is 0 Å². The third-order valence-corrected chi connectivity index (χ3v) is 12.2. The molecule has 298 valence electrons. The maximum atomic E-state index is 9.75. The fourth-order valence-corrected chi connectivity index (χ4v) is 9.27. The van der Waals surface area contributed by atoms with E-state index in [4.69, 9.17) is 15.0 Å². The monoisotopic (exact) mass is 816 g/mol. The summed E-state index contributed by atoms with van der Waals surface area (Å²) in [6.45, 7) is 0. The van der Waals surface area contributed by atoms with E-state index < -0.39 is 0 Å². The summed E-state index contributed by atoms with van der Waals surface area (Å²) in [5.41, 5.74) is 14.0. The van der Waals surface area contributed by atoms with E-state index in [1.54, 1.807) is 0 Å². The number of benzene rings is 9.